The molecule has 0 aliphatic carbocycles. The Morgan fingerprint density at radius 2 is 2.05 bits per heavy atom. The molecule has 0 fully saturated rings. The average molecular weight is 283 g/mol. The standard InChI is InChI=1S/C17H15ClN2/c1-19-10-14-6-5-13(9-17(14)18)15-4-2-3-12-7-8-20-11-16(12)15/h2-9,11,19H,10H2,1H3. The molecule has 1 aromatic heterocycles. The van der Waals surface area contributed by atoms with Crippen LogP contribution in [-0.2, 0) is 6.54 Å². The highest BCUT2D eigenvalue weighted by Gasteiger charge is 2.06. The summed E-state index contributed by atoms with van der Waals surface area (Å²) in [5, 5.41) is 6.24. The molecule has 2 aromatic carbocycles. The van der Waals surface area contributed by atoms with Gasteiger partial charge in [-0.3, -0.25) is 4.98 Å². The zero-order valence-electron chi connectivity index (χ0n) is 11.2. The lowest BCUT2D eigenvalue weighted by Gasteiger charge is -2.09. The van der Waals surface area contributed by atoms with Crippen LogP contribution in [0.4, 0.5) is 0 Å². The van der Waals surface area contributed by atoms with Crippen molar-refractivity contribution in [3.63, 3.8) is 0 Å². The molecule has 0 aliphatic rings. The lowest BCUT2D eigenvalue weighted by molar-refractivity contribution is 0.818. The van der Waals surface area contributed by atoms with Gasteiger partial charge in [0.25, 0.3) is 0 Å². The fourth-order valence-corrected chi connectivity index (χ4v) is 2.66. The first kappa shape index (κ1) is 13.1. The first-order valence-corrected chi connectivity index (χ1v) is 6.93. The van der Waals surface area contributed by atoms with Gasteiger partial charge in [0.05, 0.1) is 0 Å². The third-order valence-corrected chi connectivity index (χ3v) is 3.77. The van der Waals surface area contributed by atoms with E-state index in [-0.39, 0.29) is 0 Å². The molecule has 0 amide bonds. The van der Waals surface area contributed by atoms with Crippen molar-refractivity contribution in [3.05, 3.63) is 65.4 Å². The number of hydrogen-bond donors (Lipinski definition) is 1. The molecular formula is C17H15ClN2. The predicted molar refractivity (Wildman–Crippen MR) is 85.0 cm³/mol. The Hall–Kier alpha value is -1.90. The normalized spacial score (nSPS) is 10.9. The van der Waals surface area contributed by atoms with Crippen LogP contribution in [0, 0.1) is 0 Å². The number of benzene rings is 2. The van der Waals surface area contributed by atoms with E-state index >= 15 is 0 Å². The van der Waals surface area contributed by atoms with Crippen molar-refractivity contribution in [1.29, 1.82) is 0 Å². The summed E-state index contributed by atoms with van der Waals surface area (Å²) in [6.07, 6.45) is 3.72. The van der Waals surface area contributed by atoms with Gasteiger partial charge in [0, 0.05) is 29.3 Å². The monoisotopic (exact) mass is 282 g/mol. The van der Waals surface area contributed by atoms with E-state index in [9.17, 15) is 0 Å². The summed E-state index contributed by atoms with van der Waals surface area (Å²) < 4.78 is 0. The van der Waals surface area contributed by atoms with Gasteiger partial charge in [-0.05, 0) is 41.3 Å². The molecule has 0 saturated carbocycles. The molecule has 0 unspecified atom stereocenters. The van der Waals surface area contributed by atoms with Gasteiger partial charge in [0.2, 0.25) is 0 Å². The minimum atomic E-state index is 0.774. The molecule has 1 N–H and O–H groups in total. The van der Waals surface area contributed by atoms with E-state index < -0.39 is 0 Å². The summed E-state index contributed by atoms with van der Waals surface area (Å²) in [4.78, 5) is 4.23. The van der Waals surface area contributed by atoms with Gasteiger partial charge in [-0.15, -0.1) is 0 Å². The minimum absolute atomic E-state index is 0.774. The van der Waals surface area contributed by atoms with E-state index in [1.54, 1.807) is 0 Å². The van der Waals surface area contributed by atoms with Crippen molar-refractivity contribution in [3.8, 4) is 11.1 Å². The molecule has 0 radical (unpaired) electrons. The SMILES string of the molecule is CNCc1ccc(-c2cccc3ccncc23)cc1Cl. The summed E-state index contributed by atoms with van der Waals surface area (Å²) in [5.41, 5.74) is 3.39. The highest BCUT2D eigenvalue weighted by Crippen LogP contribution is 2.30. The Kier molecular flexibility index (Phi) is 3.68. The highest BCUT2D eigenvalue weighted by molar-refractivity contribution is 6.31. The third-order valence-electron chi connectivity index (χ3n) is 3.41. The van der Waals surface area contributed by atoms with Crippen LogP contribution in [0.3, 0.4) is 0 Å². The molecule has 0 bridgehead atoms. The Morgan fingerprint density at radius 3 is 2.85 bits per heavy atom. The second-order valence-corrected chi connectivity index (χ2v) is 5.15. The van der Waals surface area contributed by atoms with Crippen LogP contribution in [-0.4, -0.2) is 12.0 Å². The van der Waals surface area contributed by atoms with E-state index in [2.05, 4.69) is 40.6 Å². The number of hydrogen-bond acceptors (Lipinski definition) is 2. The summed E-state index contributed by atoms with van der Waals surface area (Å²) in [5.74, 6) is 0. The maximum absolute atomic E-state index is 6.35. The largest absolute Gasteiger partial charge is 0.316 e. The van der Waals surface area contributed by atoms with Crippen LogP contribution < -0.4 is 5.32 Å². The number of pyridine rings is 1. The molecule has 1 heterocycles. The maximum atomic E-state index is 6.35. The number of rotatable bonds is 3. The average Bonchev–Trinajstić information content (AvgIpc) is 2.49. The van der Waals surface area contributed by atoms with Crippen molar-refractivity contribution in [2.45, 2.75) is 6.54 Å². The lowest BCUT2D eigenvalue weighted by atomic mass is 9.99. The zero-order valence-corrected chi connectivity index (χ0v) is 12.0. The first-order valence-electron chi connectivity index (χ1n) is 6.56. The van der Waals surface area contributed by atoms with Gasteiger partial charge >= 0.3 is 0 Å². The summed E-state index contributed by atoms with van der Waals surface area (Å²) in [6.45, 7) is 0.774. The molecule has 100 valence electrons. The van der Waals surface area contributed by atoms with Crippen LogP contribution in [0.15, 0.2) is 54.9 Å². The quantitative estimate of drug-likeness (QED) is 0.776. The Labute approximate surface area is 123 Å². The summed E-state index contributed by atoms with van der Waals surface area (Å²) >= 11 is 6.35. The molecule has 2 nitrogen and oxygen atoms in total. The second-order valence-electron chi connectivity index (χ2n) is 4.74. The van der Waals surface area contributed by atoms with Crippen LogP contribution in [0.25, 0.3) is 21.9 Å². The highest BCUT2D eigenvalue weighted by atomic mass is 35.5. The van der Waals surface area contributed by atoms with Crippen molar-refractivity contribution < 1.29 is 0 Å². The van der Waals surface area contributed by atoms with Gasteiger partial charge < -0.3 is 5.32 Å². The van der Waals surface area contributed by atoms with Gasteiger partial charge in [0.15, 0.2) is 0 Å². The third kappa shape index (κ3) is 2.40. The maximum Gasteiger partial charge on any atom is 0.0457 e. The van der Waals surface area contributed by atoms with Crippen molar-refractivity contribution in [2.24, 2.45) is 0 Å². The Morgan fingerprint density at radius 1 is 1.15 bits per heavy atom. The van der Waals surface area contributed by atoms with E-state index in [1.165, 1.54) is 5.39 Å². The van der Waals surface area contributed by atoms with Crippen LogP contribution in [0.5, 0.6) is 0 Å². The summed E-state index contributed by atoms with van der Waals surface area (Å²) in [7, 11) is 1.92. The van der Waals surface area contributed by atoms with Gasteiger partial charge in [-0.2, -0.15) is 0 Å². The number of fused-ring (bicyclic) bond motifs is 1. The van der Waals surface area contributed by atoms with Crippen LogP contribution in [0.2, 0.25) is 5.02 Å². The molecule has 20 heavy (non-hydrogen) atoms. The molecular weight excluding hydrogens is 268 g/mol. The van der Waals surface area contributed by atoms with Gasteiger partial charge in [-0.25, -0.2) is 0 Å². The van der Waals surface area contributed by atoms with Crippen molar-refractivity contribution in [1.82, 2.24) is 10.3 Å². The molecule has 0 atom stereocenters. The Balaban J connectivity index is 2.14. The predicted octanol–water partition coefficient (Wildman–Crippen LogP) is 4.27. The van der Waals surface area contributed by atoms with Crippen molar-refractivity contribution in [2.75, 3.05) is 7.05 Å². The van der Waals surface area contributed by atoms with E-state index in [0.717, 1.165) is 33.6 Å². The molecule has 3 aromatic rings. The Bertz CT molecular complexity index is 748. The van der Waals surface area contributed by atoms with E-state index in [1.807, 2.05) is 31.6 Å². The van der Waals surface area contributed by atoms with E-state index in [0.29, 0.717) is 0 Å². The number of halogens is 1. The lowest BCUT2D eigenvalue weighted by Crippen LogP contribution is -2.05. The molecule has 0 saturated heterocycles. The van der Waals surface area contributed by atoms with Crippen LogP contribution in [0.1, 0.15) is 5.56 Å². The second kappa shape index (κ2) is 5.61. The molecule has 3 heteroatoms. The smallest absolute Gasteiger partial charge is 0.0457 e. The van der Waals surface area contributed by atoms with Crippen molar-refractivity contribution >= 4 is 22.4 Å². The van der Waals surface area contributed by atoms with Crippen LogP contribution >= 0.6 is 11.6 Å². The molecule has 3 rings (SSSR count). The van der Waals surface area contributed by atoms with Gasteiger partial charge in [0.1, 0.15) is 0 Å². The number of nitrogens with one attached hydrogen (secondary N) is 1. The molecule has 0 spiro atoms. The first-order chi connectivity index (χ1) is 9.79. The fourth-order valence-electron chi connectivity index (χ4n) is 2.41. The van der Waals surface area contributed by atoms with Gasteiger partial charge in [-0.1, -0.05) is 41.9 Å². The minimum Gasteiger partial charge on any atom is -0.316 e. The van der Waals surface area contributed by atoms with E-state index in [4.69, 9.17) is 11.6 Å². The topological polar surface area (TPSA) is 24.9 Å². The fraction of sp³-hybridized carbons (Fsp3) is 0.118. The summed E-state index contributed by atoms with van der Waals surface area (Å²) in [6, 6.07) is 14.5. The number of nitrogens with zero attached hydrogens (tertiary/aromatic N) is 1. The zero-order chi connectivity index (χ0) is 13.9. The molecule has 0 aliphatic heterocycles. The number of aromatic nitrogens is 1.